The Morgan fingerprint density at radius 2 is 2.12 bits per heavy atom. The maximum absolute atomic E-state index is 12.9. The second-order valence-corrected chi connectivity index (χ2v) is 3.75. The number of rotatable bonds is 3. The first-order chi connectivity index (χ1) is 7.69. The fourth-order valence-electron chi connectivity index (χ4n) is 1.40. The van der Waals surface area contributed by atoms with Crippen LogP contribution < -0.4 is 0 Å². The molecule has 0 aliphatic heterocycles. The normalized spacial score (nSPS) is 10.4. The number of benzene rings is 1. The van der Waals surface area contributed by atoms with Crippen LogP contribution >= 0.6 is 11.6 Å². The molecule has 16 heavy (non-hydrogen) atoms. The molecule has 0 saturated carbocycles. The fourth-order valence-corrected chi connectivity index (χ4v) is 1.61. The zero-order chi connectivity index (χ0) is 11.5. The number of halogens is 2. The van der Waals surface area contributed by atoms with Gasteiger partial charge in [-0.25, -0.2) is 4.39 Å². The van der Waals surface area contributed by atoms with Gasteiger partial charge in [0.25, 0.3) is 0 Å². The van der Waals surface area contributed by atoms with Crippen molar-refractivity contribution in [2.24, 2.45) is 0 Å². The van der Waals surface area contributed by atoms with E-state index in [0.717, 1.165) is 5.56 Å². The smallest absolute Gasteiger partial charge is 0.185 e. The Bertz CT molecular complexity index is 519. The number of carbonyl (C=O) groups is 1. The van der Waals surface area contributed by atoms with Crippen LogP contribution in [0.2, 0.25) is 5.02 Å². The molecule has 0 unspecified atom stereocenters. The van der Waals surface area contributed by atoms with E-state index in [4.69, 9.17) is 16.0 Å². The van der Waals surface area contributed by atoms with Crippen molar-refractivity contribution in [3.05, 3.63) is 58.3 Å². The molecular weight excluding hydrogens is 231 g/mol. The summed E-state index contributed by atoms with van der Waals surface area (Å²) in [4.78, 5) is 10.4. The van der Waals surface area contributed by atoms with Gasteiger partial charge in [-0.3, -0.25) is 4.79 Å². The third-order valence-electron chi connectivity index (χ3n) is 2.16. The van der Waals surface area contributed by atoms with E-state index in [-0.39, 0.29) is 10.8 Å². The molecule has 4 heteroatoms. The minimum Gasteiger partial charge on any atom is -0.458 e. The summed E-state index contributed by atoms with van der Waals surface area (Å²) in [5, 5.41) is 0.0830. The average molecular weight is 239 g/mol. The first kappa shape index (κ1) is 10.9. The summed E-state index contributed by atoms with van der Waals surface area (Å²) in [6.07, 6.45) is 1.12. The molecule has 2 nitrogen and oxygen atoms in total. The van der Waals surface area contributed by atoms with Crippen molar-refractivity contribution < 1.29 is 13.6 Å². The first-order valence-electron chi connectivity index (χ1n) is 4.67. The molecule has 0 fully saturated rings. The van der Waals surface area contributed by atoms with Crippen LogP contribution in [0.3, 0.4) is 0 Å². The highest BCUT2D eigenvalue weighted by atomic mass is 35.5. The highest BCUT2D eigenvalue weighted by Gasteiger charge is 2.05. The molecule has 0 radical (unpaired) electrons. The summed E-state index contributed by atoms with van der Waals surface area (Å²) in [5.74, 6) is 0.478. The molecule has 0 aliphatic rings. The van der Waals surface area contributed by atoms with Crippen molar-refractivity contribution in [3.63, 3.8) is 0 Å². The van der Waals surface area contributed by atoms with Crippen LogP contribution in [0.15, 0.2) is 34.7 Å². The Morgan fingerprint density at radius 1 is 1.31 bits per heavy atom. The SMILES string of the molecule is O=Cc1ccc(Cc2ccc(F)c(Cl)c2)o1. The van der Waals surface area contributed by atoms with Crippen LogP contribution in [-0.2, 0) is 6.42 Å². The summed E-state index contributed by atoms with van der Waals surface area (Å²) in [6, 6.07) is 7.78. The summed E-state index contributed by atoms with van der Waals surface area (Å²) in [5.41, 5.74) is 0.832. The van der Waals surface area contributed by atoms with Gasteiger partial charge in [0, 0.05) is 6.42 Å². The predicted octanol–water partition coefficient (Wildman–Crippen LogP) is 3.48. The Hall–Kier alpha value is -1.61. The van der Waals surface area contributed by atoms with Gasteiger partial charge in [-0.2, -0.15) is 0 Å². The largest absolute Gasteiger partial charge is 0.458 e. The van der Waals surface area contributed by atoms with Crippen molar-refractivity contribution in [3.8, 4) is 0 Å². The highest BCUT2D eigenvalue weighted by Crippen LogP contribution is 2.19. The average Bonchev–Trinajstić information content (AvgIpc) is 2.71. The lowest BCUT2D eigenvalue weighted by atomic mass is 10.1. The van der Waals surface area contributed by atoms with Gasteiger partial charge in [-0.05, 0) is 29.8 Å². The van der Waals surface area contributed by atoms with Gasteiger partial charge in [0.05, 0.1) is 5.02 Å². The Labute approximate surface area is 96.6 Å². The molecule has 2 rings (SSSR count). The van der Waals surface area contributed by atoms with Crippen LogP contribution in [0.5, 0.6) is 0 Å². The Balaban J connectivity index is 2.20. The van der Waals surface area contributed by atoms with Crippen molar-refractivity contribution in [2.75, 3.05) is 0 Å². The fraction of sp³-hybridized carbons (Fsp3) is 0.0833. The zero-order valence-electron chi connectivity index (χ0n) is 8.24. The van der Waals surface area contributed by atoms with Crippen LogP contribution in [0.4, 0.5) is 4.39 Å². The van der Waals surface area contributed by atoms with E-state index in [9.17, 15) is 9.18 Å². The third kappa shape index (κ3) is 2.31. The zero-order valence-corrected chi connectivity index (χ0v) is 9.00. The van der Waals surface area contributed by atoms with E-state index < -0.39 is 5.82 Å². The van der Waals surface area contributed by atoms with Crippen molar-refractivity contribution in [2.45, 2.75) is 6.42 Å². The predicted molar refractivity (Wildman–Crippen MR) is 58.3 cm³/mol. The lowest BCUT2D eigenvalue weighted by Crippen LogP contribution is -1.87. The molecule has 2 aromatic rings. The van der Waals surface area contributed by atoms with Gasteiger partial charge in [-0.15, -0.1) is 0 Å². The second-order valence-electron chi connectivity index (χ2n) is 3.35. The van der Waals surface area contributed by atoms with E-state index in [0.29, 0.717) is 18.5 Å². The van der Waals surface area contributed by atoms with Gasteiger partial charge in [0.15, 0.2) is 12.0 Å². The van der Waals surface area contributed by atoms with Gasteiger partial charge in [0.1, 0.15) is 11.6 Å². The molecule has 0 spiro atoms. The van der Waals surface area contributed by atoms with E-state index >= 15 is 0 Å². The molecule has 1 aromatic heterocycles. The molecule has 0 atom stereocenters. The molecule has 1 aromatic carbocycles. The number of hydrogen-bond donors (Lipinski definition) is 0. The van der Waals surface area contributed by atoms with Crippen molar-refractivity contribution in [1.82, 2.24) is 0 Å². The third-order valence-corrected chi connectivity index (χ3v) is 2.45. The van der Waals surface area contributed by atoms with E-state index in [1.54, 1.807) is 24.3 Å². The Kier molecular flexibility index (Phi) is 3.06. The topological polar surface area (TPSA) is 30.2 Å². The minimum atomic E-state index is -0.446. The standard InChI is InChI=1S/C12H8ClFO2/c13-11-6-8(1-4-12(11)14)5-9-2-3-10(7-15)16-9/h1-4,6-7H,5H2. The van der Waals surface area contributed by atoms with Gasteiger partial charge in [0.2, 0.25) is 0 Å². The van der Waals surface area contributed by atoms with Crippen LogP contribution in [0.1, 0.15) is 21.9 Å². The van der Waals surface area contributed by atoms with Crippen molar-refractivity contribution in [1.29, 1.82) is 0 Å². The van der Waals surface area contributed by atoms with Gasteiger partial charge >= 0.3 is 0 Å². The summed E-state index contributed by atoms with van der Waals surface area (Å²) in [7, 11) is 0. The number of hydrogen-bond acceptors (Lipinski definition) is 2. The van der Waals surface area contributed by atoms with Gasteiger partial charge < -0.3 is 4.42 Å². The number of aldehydes is 1. The molecule has 0 saturated heterocycles. The lowest BCUT2D eigenvalue weighted by Gasteiger charge is -2.00. The van der Waals surface area contributed by atoms with E-state index in [1.807, 2.05) is 0 Å². The van der Waals surface area contributed by atoms with Crippen molar-refractivity contribution >= 4 is 17.9 Å². The quantitative estimate of drug-likeness (QED) is 0.767. The van der Waals surface area contributed by atoms with Crippen LogP contribution in [-0.4, -0.2) is 6.29 Å². The van der Waals surface area contributed by atoms with Crippen LogP contribution in [0.25, 0.3) is 0 Å². The maximum atomic E-state index is 12.9. The highest BCUT2D eigenvalue weighted by molar-refractivity contribution is 6.30. The molecule has 0 bridgehead atoms. The molecule has 82 valence electrons. The summed E-state index contributed by atoms with van der Waals surface area (Å²) < 4.78 is 18.1. The minimum absolute atomic E-state index is 0.0830. The molecule has 1 heterocycles. The maximum Gasteiger partial charge on any atom is 0.185 e. The Morgan fingerprint density at radius 3 is 2.75 bits per heavy atom. The van der Waals surface area contributed by atoms with Gasteiger partial charge in [-0.1, -0.05) is 17.7 Å². The van der Waals surface area contributed by atoms with Crippen LogP contribution in [0, 0.1) is 5.82 Å². The molecular formula is C12H8ClFO2. The summed E-state index contributed by atoms with van der Waals surface area (Å²) >= 11 is 5.65. The molecule has 0 aliphatic carbocycles. The number of carbonyl (C=O) groups excluding carboxylic acids is 1. The second kappa shape index (κ2) is 4.49. The lowest BCUT2D eigenvalue weighted by molar-refractivity contribution is 0.109. The first-order valence-corrected chi connectivity index (χ1v) is 5.04. The number of furan rings is 1. The molecule has 0 N–H and O–H groups in total. The van der Waals surface area contributed by atoms with E-state index in [1.165, 1.54) is 6.07 Å². The molecule has 0 amide bonds. The van der Waals surface area contributed by atoms with E-state index in [2.05, 4.69) is 0 Å². The monoisotopic (exact) mass is 238 g/mol. The summed E-state index contributed by atoms with van der Waals surface area (Å²) in [6.45, 7) is 0.